The molecule has 1 heterocycles. The summed E-state index contributed by atoms with van der Waals surface area (Å²) in [6.45, 7) is 2.85. The van der Waals surface area contributed by atoms with Crippen molar-refractivity contribution in [1.29, 1.82) is 0 Å². The number of nitrogens with zero attached hydrogens (tertiary/aromatic N) is 2. The molecule has 1 aromatic carbocycles. The summed E-state index contributed by atoms with van der Waals surface area (Å²) in [5.74, 6) is 0. The van der Waals surface area contributed by atoms with E-state index >= 15 is 0 Å². The number of aromatic nitrogens is 2. The lowest BCUT2D eigenvalue weighted by molar-refractivity contribution is 0.565. The van der Waals surface area contributed by atoms with Gasteiger partial charge in [-0.15, -0.1) is 0 Å². The molecule has 17 heavy (non-hydrogen) atoms. The van der Waals surface area contributed by atoms with E-state index in [1.807, 2.05) is 12.1 Å². The molecule has 4 heteroatoms. The van der Waals surface area contributed by atoms with Crippen LogP contribution in [0, 0.1) is 0 Å². The minimum atomic E-state index is 0.271. The van der Waals surface area contributed by atoms with Gasteiger partial charge in [-0.05, 0) is 18.6 Å². The Labute approximate surface area is 109 Å². The van der Waals surface area contributed by atoms with Crippen LogP contribution in [0.1, 0.15) is 24.2 Å². The van der Waals surface area contributed by atoms with E-state index < -0.39 is 0 Å². The molecule has 88 valence electrons. The van der Waals surface area contributed by atoms with Crippen LogP contribution in [0.5, 0.6) is 0 Å². The van der Waals surface area contributed by atoms with Crippen molar-refractivity contribution < 1.29 is 0 Å². The van der Waals surface area contributed by atoms with Crippen LogP contribution in [-0.4, -0.2) is 9.97 Å². The largest absolute Gasteiger partial charge is 0.304 e. The Balaban J connectivity index is 1.99. The van der Waals surface area contributed by atoms with Crippen LogP contribution < -0.4 is 5.32 Å². The smallest absolute Gasteiger partial charge is 0.0724 e. The number of halogens is 1. The molecule has 3 nitrogen and oxygen atoms in total. The minimum Gasteiger partial charge on any atom is -0.304 e. The number of rotatable bonds is 4. The SMILES string of the molecule is C[C@H](NCc1cnccn1)c1ccccc1Br. The first-order chi connectivity index (χ1) is 8.27. The van der Waals surface area contributed by atoms with Crippen LogP contribution >= 0.6 is 15.9 Å². The third-order valence-electron chi connectivity index (χ3n) is 2.58. The molecule has 0 unspecified atom stereocenters. The van der Waals surface area contributed by atoms with E-state index in [1.165, 1.54) is 5.56 Å². The molecule has 0 amide bonds. The zero-order valence-electron chi connectivity index (χ0n) is 9.60. The van der Waals surface area contributed by atoms with Crippen molar-refractivity contribution in [2.24, 2.45) is 0 Å². The van der Waals surface area contributed by atoms with Crippen LogP contribution in [0.15, 0.2) is 47.3 Å². The van der Waals surface area contributed by atoms with Crippen LogP contribution in [0.3, 0.4) is 0 Å². The molecular formula is C13H14BrN3. The predicted octanol–water partition coefficient (Wildman–Crippen LogP) is 3.09. The van der Waals surface area contributed by atoms with Crippen molar-refractivity contribution in [2.75, 3.05) is 0 Å². The lowest BCUT2D eigenvalue weighted by Crippen LogP contribution is -2.19. The highest BCUT2D eigenvalue weighted by atomic mass is 79.9. The molecule has 2 rings (SSSR count). The van der Waals surface area contributed by atoms with Crippen molar-refractivity contribution in [3.63, 3.8) is 0 Å². The van der Waals surface area contributed by atoms with Gasteiger partial charge in [-0.25, -0.2) is 0 Å². The van der Waals surface area contributed by atoms with Crippen LogP contribution in [0.25, 0.3) is 0 Å². The number of hydrogen-bond acceptors (Lipinski definition) is 3. The first kappa shape index (κ1) is 12.2. The van der Waals surface area contributed by atoms with Gasteiger partial charge in [0.05, 0.1) is 5.69 Å². The topological polar surface area (TPSA) is 37.8 Å². The van der Waals surface area contributed by atoms with Crippen molar-refractivity contribution in [3.8, 4) is 0 Å². The van der Waals surface area contributed by atoms with E-state index in [2.05, 4.69) is 50.3 Å². The van der Waals surface area contributed by atoms with E-state index in [9.17, 15) is 0 Å². The minimum absolute atomic E-state index is 0.271. The van der Waals surface area contributed by atoms with Gasteiger partial charge >= 0.3 is 0 Å². The first-order valence-corrected chi connectivity index (χ1v) is 6.29. The van der Waals surface area contributed by atoms with E-state index in [0.29, 0.717) is 0 Å². The molecule has 0 fully saturated rings. The fourth-order valence-corrected chi connectivity index (χ4v) is 2.24. The number of nitrogens with one attached hydrogen (secondary N) is 1. The highest BCUT2D eigenvalue weighted by molar-refractivity contribution is 9.10. The van der Waals surface area contributed by atoms with E-state index in [-0.39, 0.29) is 6.04 Å². The molecule has 2 aromatic rings. The van der Waals surface area contributed by atoms with Crippen molar-refractivity contribution in [1.82, 2.24) is 15.3 Å². The van der Waals surface area contributed by atoms with Gasteiger partial charge in [0.2, 0.25) is 0 Å². The second-order valence-electron chi connectivity index (χ2n) is 3.82. The van der Waals surface area contributed by atoms with Crippen molar-refractivity contribution in [3.05, 3.63) is 58.6 Å². The average molecular weight is 292 g/mol. The maximum atomic E-state index is 4.23. The fourth-order valence-electron chi connectivity index (χ4n) is 1.62. The molecule has 0 saturated carbocycles. The highest BCUT2D eigenvalue weighted by Crippen LogP contribution is 2.22. The maximum absolute atomic E-state index is 4.23. The van der Waals surface area contributed by atoms with E-state index in [1.54, 1.807) is 18.6 Å². The number of benzene rings is 1. The lowest BCUT2D eigenvalue weighted by atomic mass is 10.1. The highest BCUT2D eigenvalue weighted by Gasteiger charge is 2.07. The van der Waals surface area contributed by atoms with Gasteiger partial charge in [0.1, 0.15) is 0 Å². The Hall–Kier alpha value is -1.26. The van der Waals surface area contributed by atoms with Gasteiger partial charge in [-0.2, -0.15) is 0 Å². The summed E-state index contributed by atoms with van der Waals surface area (Å²) >= 11 is 3.56. The summed E-state index contributed by atoms with van der Waals surface area (Å²) in [6, 6.07) is 8.49. The Kier molecular flexibility index (Phi) is 4.23. The van der Waals surface area contributed by atoms with Crippen LogP contribution in [0.4, 0.5) is 0 Å². The molecular weight excluding hydrogens is 278 g/mol. The molecule has 0 aliphatic rings. The Morgan fingerprint density at radius 2 is 2.12 bits per heavy atom. The van der Waals surface area contributed by atoms with Gasteiger partial charge in [0.15, 0.2) is 0 Å². The molecule has 1 aromatic heterocycles. The van der Waals surface area contributed by atoms with E-state index in [0.717, 1.165) is 16.7 Å². The third kappa shape index (κ3) is 3.35. The second kappa shape index (κ2) is 5.89. The van der Waals surface area contributed by atoms with Gasteiger partial charge in [0, 0.05) is 35.6 Å². The Morgan fingerprint density at radius 1 is 1.29 bits per heavy atom. The molecule has 1 N–H and O–H groups in total. The second-order valence-corrected chi connectivity index (χ2v) is 4.68. The molecule has 0 aliphatic heterocycles. The summed E-state index contributed by atoms with van der Waals surface area (Å²) in [6.07, 6.45) is 5.17. The predicted molar refractivity (Wildman–Crippen MR) is 71.4 cm³/mol. The van der Waals surface area contributed by atoms with Crippen molar-refractivity contribution in [2.45, 2.75) is 19.5 Å². The summed E-state index contributed by atoms with van der Waals surface area (Å²) in [5.41, 5.74) is 2.20. The average Bonchev–Trinajstić information content (AvgIpc) is 2.38. The van der Waals surface area contributed by atoms with Gasteiger partial charge in [-0.3, -0.25) is 9.97 Å². The molecule has 0 radical (unpaired) electrons. The van der Waals surface area contributed by atoms with Crippen LogP contribution in [-0.2, 0) is 6.54 Å². The van der Waals surface area contributed by atoms with Crippen LogP contribution in [0.2, 0.25) is 0 Å². The normalized spacial score (nSPS) is 12.4. The zero-order chi connectivity index (χ0) is 12.1. The lowest BCUT2D eigenvalue weighted by Gasteiger charge is -2.15. The summed E-state index contributed by atoms with van der Waals surface area (Å²) in [7, 11) is 0. The van der Waals surface area contributed by atoms with Gasteiger partial charge < -0.3 is 5.32 Å². The molecule has 0 saturated heterocycles. The third-order valence-corrected chi connectivity index (χ3v) is 3.30. The first-order valence-electron chi connectivity index (χ1n) is 5.50. The Morgan fingerprint density at radius 3 is 2.82 bits per heavy atom. The van der Waals surface area contributed by atoms with E-state index in [4.69, 9.17) is 0 Å². The fraction of sp³-hybridized carbons (Fsp3) is 0.231. The maximum Gasteiger partial charge on any atom is 0.0724 e. The van der Waals surface area contributed by atoms with Crippen molar-refractivity contribution >= 4 is 15.9 Å². The molecule has 1 atom stereocenters. The van der Waals surface area contributed by atoms with Gasteiger partial charge in [-0.1, -0.05) is 34.1 Å². The molecule has 0 aliphatic carbocycles. The quantitative estimate of drug-likeness (QED) is 0.941. The summed E-state index contributed by atoms with van der Waals surface area (Å²) in [4.78, 5) is 8.27. The summed E-state index contributed by atoms with van der Waals surface area (Å²) < 4.78 is 1.12. The summed E-state index contributed by atoms with van der Waals surface area (Å²) in [5, 5.41) is 3.42. The zero-order valence-corrected chi connectivity index (χ0v) is 11.2. The van der Waals surface area contributed by atoms with Gasteiger partial charge in [0.25, 0.3) is 0 Å². The molecule has 0 bridgehead atoms. The number of hydrogen-bond donors (Lipinski definition) is 1. The Bertz CT molecular complexity index is 473. The monoisotopic (exact) mass is 291 g/mol. The molecule has 0 spiro atoms. The standard InChI is InChI=1S/C13H14BrN3/c1-10(12-4-2-3-5-13(12)14)17-9-11-8-15-6-7-16-11/h2-8,10,17H,9H2,1H3/t10-/m0/s1.